The molecule has 8 heteroatoms. The number of ether oxygens (including phenoxy) is 1. The van der Waals surface area contributed by atoms with E-state index in [1.54, 1.807) is 12.1 Å². The third-order valence-corrected chi connectivity index (χ3v) is 5.58. The zero-order chi connectivity index (χ0) is 25.4. The molecule has 3 aromatic carbocycles. The van der Waals surface area contributed by atoms with E-state index in [-0.39, 0.29) is 35.8 Å². The van der Waals surface area contributed by atoms with Crippen LogP contribution in [0.3, 0.4) is 0 Å². The number of nitrogens with zero attached hydrogens (tertiary/aromatic N) is 3. The fourth-order valence-electron chi connectivity index (χ4n) is 3.71. The predicted octanol–water partition coefficient (Wildman–Crippen LogP) is 5.64. The fraction of sp³-hybridized carbons (Fsp3) is 0.222. The zero-order valence-electron chi connectivity index (χ0n) is 19.6. The zero-order valence-corrected chi connectivity index (χ0v) is 19.6. The highest BCUT2D eigenvalue weighted by molar-refractivity contribution is 5.98. The summed E-state index contributed by atoms with van der Waals surface area (Å²) in [5.41, 5.74) is 2.80. The van der Waals surface area contributed by atoms with Crippen LogP contribution in [0.15, 0.2) is 66.7 Å². The summed E-state index contributed by atoms with van der Waals surface area (Å²) in [4.78, 5) is 37.8. The lowest BCUT2D eigenvalue weighted by Gasteiger charge is -2.23. The molecule has 0 radical (unpaired) electrons. The monoisotopic (exact) mass is 471 g/mol. The summed E-state index contributed by atoms with van der Waals surface area (Å²) in [6.07, 6.45) is 1.63. The minimum absolute atomic E-state index is 0.0397. The first-order valence-corrected chi connectivity index (χ1v) is 11.1. The van der Waals surface area contributed by atoms with Gasteiger partial charge in [-0.2, -0.15) is 5.26 Å². The average molecular weight is 472 g/mol. The van der Waals surface area contributed by atoms with Gasteiger partial charge in [-0.05, 0) is 41.3 Å². The lowest BCUT2D eigenvalue weighted by atomic mass is 9.99. The van der Waals surface area contributed by atoms with Crippen molar-refractivity contribution in [2.24, 2.45) is 0 Å². The second-order valence-corrected chi connectivity index (χ2v) is 7.89. The van der Waals surface area contributed by atoms with Crippen molar-refractivity contribution < 1.29 is 19.2 Å². The minimum atomic E-state index is -0.650. The van der Waals surface area contributed by atoms with Crippen LogP contribution in [0.4, 0.5) is 11.4 Å². The van der Waals surface area contributed by atoms with Gasteiger partial charge in [-0.3, -0.25) is 14.9 Å². The van der Waals surface area contributed by atoms with Gasteiger partial charge >= 0.3 is 5.97 Å². The van der Waals surface area contributed by atoms with Crippen LogP contribution in [-0.4, -0.2) is 23.9 Å². The van der Waals surface area contributed by atoms with Crippen LogP contribution in [0.2, 0.25) is 0 Å². The lowest BCUT2D eigenvalue weighted by Crippen LogP contribution is -2.31. The smallest absolute Gasteiger partial charge is 0.337 e. The van der Waals surface area contributed by atoms with Crippen molar-refractivity contribution in [3.8, 4) is 17.2 Å². The van der Waals surface area contributed by atoms with Gasteiger partial charge in [0.1, 0.15) is 5.69 Å². The summed E-state index contributed by atoms with van der Waals surface area (Å²) in [7, 11) is 1.22. The van der Waals surface area contributed by atoms with Gasteiger partial charge in [-0.25, -0.2) is 4.79 Å². The van der Waals surface area contributed by atoms with Crippen molar-refractivity contribution in [3.05, 3.63) is 93.5 Å². The van der Waals surface area contributed by atoms with Crippen molar-refractivity contribution in [3.63, 3.8) is 0 Å². The predicted molar refractivity (Wildman–Crippen MR) is 132 cm³/mol. The van der Waals surface area contributed by atoms with E-state index in [4.69, 9.17) is 4.74 Å². The van der Waals surface area contributed by atoms with E-state index >= 15 is 0 Å². The number of nitriles is 1. The Hall–Kier alpha value is -4.51. The third kappa shape index (κ3) is 5.89. The normalized spacial score (nSPS) is 10.3. The number of hydrogen-bond acceptors (Lipinski definition) is 6. The van der Waals surface area contributed by atoms with Gasteiger partial charge < -0.3 is 9.64 Å². The first-order chi connectivity index (χ1) is 16.9. The highest BCUT2D eigenvalue weighted by Crippen LogP contribution is 2.32. The molecular weight excluding hydrogens is 446 g/mol. The maximum atomic E-state index is 13.2. The van der Waals surface area contributed by atoms with Gasteiger partial charge in [-0.1, -0.05) is 55.8 Å². The summed E-state index contributed by atoms with van der Waals surface area (Å²) >= 11 is 0. The molecule has 3 rings (SSSR count). The number of nitro benzene ring substituents is 1. The van der Waals surface area contributed by atoms with Gasteiger partial charge in [0.05, 0.1) is 35.8 Å². The number of esters is 1. The molecule has 0 saturated heterocycles. The van der Waals surface area contributed by atoms with Crippen LogP contribution in [0, 0.1) is 21.4 Å². The molecule has 178 valence electrons. The largest absolute Gasteiger partial charge is 0.465 e. The molecule has 0 aliphatic carbocycles. The van der Waals surface area contributed by atoms with E-state index in [9.17, 15) is 25.0 Å². The third-order valence-electron chi connectivity index (χ3n) is 5.58. The Balaban J connectivity index is 2.02. The van der Waals surface area contributed by atoms with Crippen LogP contribution in [0.5, 0.6) is 0 Å². The van der Waals surface area contributed by atoms with E-state index < -0.39 is 10.9 Å². The molecule has 0 aromatic heterocycles. The van der Waals surface area contributed by atoms with Crippen molar-refractivity contribution in [1.82, 2.24) is 0 Å². The Morgan fingerprint density at radius 2 is 1.80 bits per heavy atom. The molecule has 0 fully saturated rings. The molecule has 1 amide bonds. The molecule has 0 spiro atoms. The van der Waals surface area contributed by atoms with Gasteiger partial charge in [0, 0.05) is 12.5 Å². The van der Waals surface area contributed by atoms with Crippen LogP contribution < -0.4 is 4.90 Å². The second kappa shape index (κ2) is 11.6. The topological polar surface area (TPSA) is 114 Å². The molecule has 0 aliphatic heterocycles. The summed E-state index contributed by atoms with van der Waals surface area (Å²) in [6.45, 7) is 2.03. The number of methoxy groups -OCH3 is 1. The molecule has 3 aromatic rings. The molecule has 0 atom stereocenters. The average Bonchev–Trinajstić information content (AvgIpc) is 2.89. The summed E-state index contributed by atoms with van der Waals surface area (Å²) in [5.74, 6) is -0.932. The SMILES string of the molecule is CCCCC(=O)N(Cc1ccc(-c2ccccc2C#N)cc1)c1cc(C(=O)OC)ccc1[N+](=O)[O-]. The van der Waals surface area contributed by atoms with Crippen LogP contribution in [0.1, 0.15) is 47.7 Å². The standard InChI is InChI=1S/C27H25N3O5/c1-3-4-9-26(31)29(25-16-21(27(32)35-2)14-15-24(25)30(33)34)18-19-10-12-20(13-11-19)23-8-6-5-7-22(23)17-28/h5-8,10-16H,3-4,9,18H2,1-2H3. The van der Waals surface area contributed by atoms with E-state index in [1.807, 2.05) is 43.3 Å². The second-order valence-electron chi connectivity index (χ2n) is 7.89. The number of rotatable bonds is 9. The molecule has 35 heavy (non-hydrogen) atoms. The number of carbonyl (C=O) groups excluding carboxylic acids is 2. The number of carbonyl (C=O) groups is 2. The number of amides is 1. The lowest BCUT2D eigenvalue weighted by molar-refractivity contribution is -0.384. The Morgan fingerprint density at radius 3 is 2.43 bits per heavy atom. The van der Waals surface area contributed by atoms with Crippen molar-refractivity contribution in [2.45, 2.75) is 32.7 Å². The summed E-state index contributed by atoms with van der Waals surface area (Å²) < 4.78 is 4.75. The fourth-order valence-corrected chi connectivity index (χ4v) is 3.71. The minimum Gasteiger partial charge on any atom is -0.465 e. The van der Waals surface area contributed by atoms with Crippen LogP contribution in [0.25, 0.3) is 11.1 Å². The van der Waals surface area contributed by atoms with Crippen LogP contribution >= 0.6 is 0 Å². The maximum Gasteiger partial charge on any atom is 0.337 e. The molecule has 0 bridgehead atoms. The van der Waals surface area contributed by atoms with Crippen molar-refractivity contribution >= 4 is 23.3 Å². The maximum absolute atomic E-state index is 13.2. The van der Waals surface area contributed by atoms with Crippen molar-refractivity contribution in [1.29, 1.82) is 5.26 Å². The number of hydrogen-bond donors (Lipinski definition) is 0. The van der Waals surface area contributed by atoms with E-state index in [0.717, 1.165) is 23.1 Å². The first-order valence-electron chi connectivity index (χ1n) is 11.1. The number of nitro groups is 1. The Labute approximate surface area is 203 Å². The summed E-state index contributed by atoms with van der Waals surface area (Å²) in [5, 5.41) is 21.1. The van der Waals surface area contributed by atoms with Gasteiger partial charge in [0.15, 0.2) is 0 Å². The molecule has 0 N–H and O–H groups in total. The number of anilines is 1. The van der Waals surface area contributed by atoms with Crippen LogP contribution in [-0.2, 0) is 16.1 Å². The molecule has 0 aliphatic rings. The molecule has 0 heterocycles. The first kappa shape index (κ1) is 25.1. The van der Waals surface area contributed by atoms with E-state index in [0.29, 0.717) is 12.0 Å². The van der Waals surface area contributed by atoms with Crippen molar-refractivity contribution in [2.75, 3.05) is 12.0 Å². The molecule has 0 unspecified atom stereocenters. The highest BCUT2D eigenvalue weighted by atomic mass is 16.6. The Bertz CT molecular complexity index is 1280. The van der Waals surface area contributed by atoms with E-state index in [2.05, 4.69) is 6.07 Å². The van der Waals surface area contributed by atoms with E-state index in [1.165, 1.54) is 30.2 Å². The Morgan fingerprint density at radius 1 is 1.09 bits per heavy atom. The molecular formula is C27H25N3O5. The van der Waals surface area contributed by atoms with Gasteiger partial charge in [0.2, 0.25) is 5.91 Å². The highest BCUT2D eigenvalue weighted by Gasteiger charge is 2.26. The van der Waals surface area contributed by atoms with Gasteiger partial charge in [0.25, 0.3) is 5.69 Å². The summed E-state index contributed by atoms with van der Waals surface area (Å²) in [6, 6.07) is 20.6. The quantitative estimate of drug-likeness (QED) is 0.227. The molecule has 0 saturated carbocycles. The number of unbranched alkanes of at least 4 members (excludes halogenated alkanes) is 1. The Kier molecular flexibility index (Phi) is 8.30. The van der Waals surface area contributed by atoms with Gasteiger partial charge in [-0.15, -0.1) is 0 Å². The number of benzene rings is 3. The molecule has 8 nitrogen and oxygen atoms in total.